The fraction of sp³-hybridized carbons (Fsp3) is 0.298. The van der Waals surface area contributed by atoms with Gasteiger partial charge in [0.1, 0.15) is 34.5 Å². The van der Waals surface area contributed by atoms with Crippen LogP contribution in [-0.2, 0) is 17.6 Å². The van der Waals surface area contributed by atoms with Gasteiger partial charge in [0, 0.05) is 23.3 Å². The first-order chi connectivity index (χ1) is 25.7. The van der Waals surface area contributed by atoms with Gasteiger partial charge in [-0.2, -0.15) is 0 Å². The van der Waals surface area contributed by atoms with E-state index >= 15 is 4.79 Å². The molecule has 0 amide bonds. The Labute approximate surface area is 319 Å². The molecule has 4 aromatic carbocycles. The first kappa shape index (κ1) is 41.1. The fourth-order valence-corrected chi connectivity index (χ4v) is 6.71. The van der Waals surface area contributed by atoms with E-state index in [0.717, 1.165) is 49.0 Å². The summed E-state index contributed by atoms with van der Waals surface area (Å²) in [7, 11) is 0. The highest BCUT2D eigenvalue weighted by atomic mass is 16.3. The Balaban J connectivity index is 1.90. The first-order valence-corrected chi connectivity index (χ1v) is 18.5. The van der Waals surface area contributed by atoms with Crippen molar-refractivity contribution in [3.8, 4) is 34.5 Å². The molecule has 0 aromatic heterocycles. The summed E-state index contributed by atoms with van der Waals surface area (Å²) >= 11 is 0. The molecular weight excluding hydrogens is 677 g/mol. The van der Waals surface area contributed by atoms with Crippen molar-refractivity contribution in [1.29, 1.82) is 0 Å². The van der Waals surface area contributed by atoms with Crippen LogP contribution >= 0.6 is 0 Å². The number of carbonyl (C=O) groups excluding carboxylic acids is 1. The molecule has 2 unspecified atom stereocenters. The van der Waals surface area contributed by atoms with Crippen LogP contribution in [0.25, 0.3) is 0 Å². The molecular formula is C47H54O7. The van der Waals surface area contributed by atoms with Crippen LogP contribution in [0.4, 0.5) is 0 Å². The number of ketones is 1. The molecule has 0 saturated heterocycles. The molecule has 7 nitrogen and oxygen atoms in total. The van der Waals surface area contributed by atoms with Crippen LogP contribution in [0.5, 0.6) is 34.5 Å². The molecule has 0 radical (unpaired) electrons. The van der Waals surface area contributed by atoms with E-state index in [2.05, 4.69) is 12.2 Å². The Morgan fingerprint density at radius 1 is 0.519 bits per heavy atom. The number of rotatable bonds is 16. The number of phenols is 6. The van der Waals surface area contributed by atoms with Crippen molar-refractivity contribution in [2.24, 2.45) is 0 Å². The van der Waals surface area contributed by atoms with Crippen molar-refractivity contribution >= 4 is 5.78 Å². The van der Waals surface area contributed by atoms with Crippen LogP contribution < -0.4 is 0 Å². The molecule has 0 aliphatic carbocycles. The van der Waals surface area contributed by atoms with E-state index in [-0.39, 0.29) is 46.6 Å². The van der Waals surface area contributed by atoms with Gasteiger partial charge in [-0.1, -0.05) is 107 Å². The van der Waals surface area contributed by atoms with Crippen molar-refractivity contribution in [3.63, 3.8) is 0 Å². The SMILES string of the molecule is CC(C)=CCCC(C)=CCc1c(O)cc(O)c(C(C(=O)C(c2ccccc2)c2c(O)cc(O)c(CC=C(C)CCC=C(C)C)c2O)c2ccccc2)c1O. The molecule has 0 aliphatic heterocycles. The number of Topliss-reactive ketones (excluding diaryl/α,β-unsaturated/α-hetero) is 1. The van der Waals surface area contributed by atoms with Crippen LogP contribution in [0.1, 0.15) is 112 Å². The van der Waals surface area contributed by atoms with Gasteiger partial charge in [-0.05, 0) is 91.2 Å². The zero-order valence-electron chi connectivity index (χ0n) is 32.2. The molecule has 6 N–H and O–H groups in total. The standard InChI is InChI=1S/C47H54O7/c1-29(2)15-13-17-31(5)23-25-35-37(48)27-39(50)43(45(35)52)41(33-19-9-7-10-20-33)47(54)42(34-21-11-8-12-22-34)44-40(51)28-38(49)36(46(44)53)26-24-32(6)18-14-16-30(3)4/h7-12,15-16,19-24,27-28,41-42,48-53H,13-14,17-18,25-26H2,1-6H3. The minimum absolute atomic E-state index is 0.108. The number of aromatic hydroxyl groups is 6. The quantitative estimate of drug-likeness (QED) is 0.0631. The van der Waals surface area contributed by atoms with E-state index in [9.17, 15) is 30.6 Å². The third-order valence-electron chi connectivity index (χ3n) is 9.70. The largest absolute Gasteiger partial charge is 0.507 e. The Morgan fingerprint density at radius 2 is 0.870 bits per heavy atom. The first-order valence-electron chi connectivity index (χ1n) is 18.5. The summed E-state index contributed by atoms with van der Waals surface area (Å²) in [6, 6.07) is 19.6. The Bertz CT molecular complexity index is 1900. The van der Waals surface area contributed by atoms with E-state index in [1.807, 2.05) is 53.7 Å². The number of allylic oxidation sites excluding steroid dienone is 8. The Kier molecular flexibility index (Phi) is 14.4. The fourth-order valence-electron chi connectivity index (χ4n) is 6.71. The van der Waals surface area contributed by atoms with E-state index in [1.54, 1.807) is 60.7 Å². The monoisotopic (exact) mass is 730 g/mol. The molecule has 0 spiro atoms. The van der Waals surface area contributed by atoms with Crippen molar-refractivity contribution < 1.29 is 35.4 Å². The van der Waals surface area contributed by atoms with Crippen LogP contribution in [-0.4, -0.2) is 36.4 Å². The zero-order chi connectivity index (χ0) is 39.5. The van der Waals surface area contributed by atoms with E-state index in [0.29, 0.717) is 11.1 Å². The van der Waals surface area contributed by atoms with Crippen molar-refractivity contribution in [1.82, 2.24) is 0 Å². The van der Waals surface area contributed by atoms with Gasteiger partial charge in [0.2, 0.25) is 0 Å². The summed E-state index contributed by atoms with van der Waals surface area (Å²) < 4.78 is 0. The van der Waals surface area contributed by atoms with Gasteiger partial charge in [-0.3, -0.25) is 4.79 Å². The predicted octanol–water partition coefficient (Wildman–Crippen LogP) is 10.9. The summed E-state index contributed by atoms with van der Waals surface area (Å²) in [5.74, 6) is -5.65. The summed E-state index contributed by atoms with van der Waals surface area (Å²) in [6.07, 6.45) is 11.7. The van der Waals surface area contributed by atoms with Crippen LogP contribution in [0, 0.1) is 0 Å². The molecule has 0 saturated carbocycles. The van der Waals surface area contributed by atoms with Crippen LogP contribution in [0.3, 0.4) is 0 Å². The maximum Gasteiger partial charge on any atom is 0.157 e. The summed E-state index contributed by atoms with van der Waals surface area (Å²) in [6.45, 7) is 12.1. The molecule has 284 valence electrons. The molecule has 0 fully saturated rings. The highest BCUT2D eigenvalue weighted by molar-refractivity contribution is 5.99. The van der Waals surface area contributed by atoms with Gasteiger partial charge < -0.3 is 30.6 Å². The lowest BCUT2D eigenvalue weighted by Gasteiger charge is -2.27. The minimum atomic E-state index is -1.31. The lowest BCUT2D eigenvalue weighted by molar-refractivity contribution is -0.120. The summed E-state index contributed by atoms with van der Waals surface area (Å²) in [4.78, 5) is 15.3. The Morgan fingerprint density at radius 3 is 1.20 bits per heavy atom. The van der Waals surface area contributed by atoms with Crippen molar-refractivity contribution in [2.45, 2.75) is 91.9 Å². The number of phenolic OH excluding ortho intramolecular Hbond substituents is 6. The average molecular weight is 731 g/mol. The molecule has 2 atom stereocenters. The number of hydrogen-bond donors (Lipinski definition) is 6. The number of hydrogen-bond acceptors (Lipinski definition) is 7. The van der Waals surface area contributed by atoms with Gasteiger partial charge in [-0.15, -0.1) is 0 Å². The summed E-state index contributed by atoms with van der Waals surface area (Å²) in [5.41, 5.74) is 5.49. The maximum atomic E-state index is 15.3. The number of carbonyl (C=O) groups is 1. The van der Waals surface area contributed by atoms with E-state index in [1.165, 1.54) is 11.1 Å². The Hall–Kier alpha value is -5.69. The van der Waals surface area contributed by atoms with Crippen molar-refractivity contribution in [3.05, 3.63) is 153 Å². The third-order valence-corrected chi connectivity index (χ3v) is 9.70. The maximum absolute atomic E-state index is 15.3. The predicted molar refractivity (Wildman–Crippen MR) is 217 cm³/mol. The molecule has 0 heterocycles. The van der Waals surface area contributed by atoms with Crippen molar-refractivity contribution in [2.75, 3.05) is 0 Å². The number of benzene rings is 4. The topological polar surface area (TPSA) is 138 Å². The molecule has 54 heavy (non-hydrogen) atoms. The van der Waals surface area contributed by atoms with Gasteiger partial charge in [0.15, 0.2) is 5.78 Å². The molecule has 0 aliphatic rings. The average Bonchev–Trinajstić information content (AvgIpc) is 3.11. The molecule has 0 bridgehead atoms. The third kappa shape index (κ3) is 10.2. The summed E-state index contributed by atoms with van der Waals surface area (Å²) in [5, 5.41) is 68.5. The highest BCUT2D eigenvalue weighted by Crippen LogP contribution is 2.50. The smallest absolute Gasteiger partial charge is 0.157 e. The van der Waals surface area contributed by atoms with Crippen LogP contribution in [0.15, 0.2) is 119 Å². The van der Waals surface area contributed by atoms with Gasteiger partial charge in [0.25, 0.3) is 0 Å². The van der Waals surface area contributed by atoms with Gasteiger partial charge in [0.05, 0.1) is 23.0 Å². The van der Waals surface area contributed by atoms with E-state index < -0.39 is 40.6 Å². The second kappa shape index (κ2) is 18.9. The molecule has 7 heteroatoms. The molecule has 4 rings (SSSR count). The minimum Gasteiger partial charge on any atom is -0.507 e. The van der Waals surface area contributed by atoms with Gasteiger partial charge >= 0.3 is 0 Å². The van der Waals surface area contributed by atoms with Crippen LogP contribution in [0.2, 0.25) is 0 Å². The zero-order valence-corrected chi connectivity index (χ0v) is 32.2. The lowest BCUT2D eigenvalue weighted by atomic mass is 9.75. The van der Waals surface area contributed by atoms with Gasteiger partial charge in [-0.25, -0.2) is 0 Å². The normalized spacial score (nSPS) is 12.9. The second-order valence-electron chi connectivity index (χ2n) is 14.6. The second-order valence-corrected chi connectivity index (χ2v) is 14.6. The van der Waals surface area contributed by atoms with E-state index in [4.69, 9.17) is 0 Å². The lowest BCUT2D eigenvalue weighted by Crippen LogP contribution is -2.24. The molecule has 4 aromatic rings. The highest BCUT2D eigenvalue weighted by Gasteiger charge is 2.39.